The largest absolute Gasteiger partial charge is 0.287 e. The number of hydrogen-bond donors (Lipinski definition) is 0. The summed E-state index contributed by atoms with van der Waals surface area (Å²) in [5, 5.41) is 4.07. The second kappa shape index (κ2) is 5.21. The van der Waals surface area contributed by atoms with Crippen LogP contribution in [0.25, 0.3) is 0 Å². The summed E-state index contributed by atoms with van der Waals surface area (Å²) in [7, 11) is 0. The smallest absolute Gasteiger partial charge is 0.212 e. The summed E-state index contributed by atoms with van der Waals surface area (Å²) < 4.78 is 28.3. The van der Waals surface area contributed by atoms with Crippen molar-refractivity contribution in [1.82, 2.24) is 9.78 Å². The van der Waals surface area contributed by atoms with E-state index >= 15 is 0 Å². The summed E-state index contributed by atoms with van der Waals surface area (Å²) in [6.45, 7) is 3.73. The minimum absolute atomic E-state index is 0.0383. The molecule has 0 fully saturated rings. The summed E-state index contributed by atoms with van der Waals surface area (Å²) in [6, 6.07) is 2.71. The molecule has 0 radical (unpaired) electrons. The number of rotatable bonds is 3. The second-order valence-corrected chi connectivity index (χ2v) is 5.22. The number of aromatic nitrogens is 2. The molecule has 0 aliphatic rings. The van der Waals surface area contributed by atoms with Gasteiger partial charge in [0.05, 0.1) is 10.7 Å². The molecular formula is C13H11BrF2N2O. The van der Waals surface area contributed by atoms with Crippen LogP contribution in [0.2, 0.25) is 0 Å². The van der Waals surface area contributed by atoms with E-state index in [0.717, 1.165) is 18.2 Å². The van der Waals surface area contributed by atoms with Gasteiger partial charge in [-0.1, -0.05) is 0 Å². The van der Waals surface area contributed by atoms with Crippen molar-refractivity contribution in [3.05, 3.63) is 51.8 Å². The highest BCUT2D eigenvalue weighted by atomic mass is 79.9. The summed E-state index contributed by atoms with van der Waals surface area (Å²) in [5.74, 6) is -2.04. The lowest BCUT2D eigenvalue weighted by Crippen LogP contribution is -2.14. The number of halogens is 3. The van der Waals surface area contributed by atoms with Gasteiger partial charge in [0.25, 0.3) is 0 Å². The molecule has 19 heavy (non-hydrogen) atoms. The van der Waals surface area contributed by atoms with E-state index in [-0.39, 0.29) is 17.3 Å². The summed E-state index contributed by atoms with van der Waals surface area (Å²) >= 11 is 3.23. The first-order valence-electron chi connectivity index (χ1n) is 5.64. The van der Waals surface area contributed by atoms with Crippen molar-refractivity contribution in [2.24, 2.45) is 0 Å². The number of hydrogen-bond acceptors (Lipinski definition) is 2. The Morgan fingerprint density at radius 1 is 1.26 bits per heavy atom. The van der Waals surface area contributed by atoms with Crippen LogP contribution in [0.1, 0.15) is 35.9 Å². The molecule has 0 bridgehead atoms. The highest BCUT2D eigenvalue weighted by Gasteiger charge is 2.21. The molecule has 2 aromatic rings. The molecular weight excluding hydrogens is 318 g/mol. The van der Waals surface area contributed by atoms with E-state index in [9.17, 15) is 13.6 Å². The second-order valence-electron chi connectivity index (χ2n) is 4.37. The monoisotopic (exact) mass is 328 g/mol. The molecule has 0 amide bonds. The van der Waals surface area contributed by atoms with Crippen molar-refractivity contribution < 1.29 is 13.6 Å². The molecule has 3 nitrogen and oxygen atoms in total. The molecule has 2 rings (SSSR count). The van der Waals surface area contributed by atoms with E-state index in [4.69, 9.17) is 0 Å². The predicted molar refractivity (Wildman–Crippen MR) is 70.1 cm³/mol. The van der Waals surface area contributed by atoms with Crippen LogP contribution in [-0.2, 0) is 0 Å². The fourth-order valence-electron chi connectivity index (χ4n) is 1.77. The maximum atomic E-state index is 13.2. The topological polar surface area (TPSA) is 34.9 Å². The Kier molecular flexibility index (Phi) is 3.80. The molecule has 100 valence electrons. The zero-order valence-corrected chi connectivity index (χ0v) is 11.9. The Bertz CT molecular complexity index is 617. The third kappa shape index (κ3) is 2.73. The lowest BCUT2D eigenvalue weighted by Gasteiger charge is -2.10. The Morgan fingerprint density at radius 3 is 2.37 bits per heavy atom. The van der Waals surface area contributed by atoms with E-state index in [1.54, 1.807) is 0 Å². The van der Waals surface area contributed by atoms with Crippen LogP contribution in [0.3, 0.4) is 0 Å². The molecule has 6 heteroatoms. The van der Waals surface area contributed by atoms with Crippen LogP contribution < -0.4 is 0 Å². The van der Waals surface area contributed by atoms with E-state index in [2.05, 4.69) is 21.0 Å². The molecule has 1 heterocycles. The number of benzene rings is 1. The first-order valence-corrected chi connectivity index (χ1v) is 6.43. The van der Waals surface area contributed by atoms with E-state index in [0.29, 0.717) is 4.47 Å². The zero-order valence-electron chi connectivity index (χ0n) is 10.3. The van der Waals surface area contributed by atoms with E-state index < -0.39 is 17.4 Å². The average Bonchev–Trinajstić information content (AvgIpc) is 2.69. The molecule has 0 aliphatic carbocycles. The lowest BCUT2D eigenvalue weighted by atomic mass is 10.1. The van der Waals surface area contributed by atoms with Crippen LogP contribution in [0.4, 0.5) is 8.78 Å². The molecule has 0 aliphatic heterocycles. The molecule has 0 N–H and O–H groups in total. The van der Waals surface area contributed by atoms with Crippen molar-refractivity contribution in [3.63, 3.8) is 0 Å². The van der Waals surface area contributed by atoms with Crippen LogP contribution in [0.15, 0.2) is 28.9 Å². The molecule has 0 saturated heterocycles. The van der Waals surface area contributed by atoms with Gasteiger partial charge in [0, 0.05) is 17.7 Å². The van der Waals surface area contributed by atoms with Gasteiger partial charge in [0.1, 0.15) is 17.3 Å². The van der Waals surface area contributed by atoms with Gasteiger partial charge in [-0.25, -0.2) is 8.78 Å². The maximum absolute atomic E-state index is 13.2. The Balaban J connectivity index is 2.53. The predicted octanol–water partition coefficient (Wildman–Crippen LogP) is 3.74. The van der Waals surface area contributed by atoms with Gasteiger partial charge in [-0.15, -0.1) is 0 Å². The standard InChI is InChI=1S/C13H11BrF2N2O/c1-7(2)18-12(11(14)6-17-18)13(19)8-3-9(15)5-10(16)4-8/h3-7H,1-2H3. The number of nitrogens with zero attached hydrogens (tertiary/aromatic N) is 2. The minimum atomic E-state index is -0.782. The molecule has 0 saturated carbocycles. The fourth-order valence-corrected chi connectivity index (χ4v) is 2.22. The van der Waals surface area contributed by atoms with Crippen molar-refractivity contribution >= 4 is 21.7 Å². The van der Waals surface area contributed by atoms with Crippen molar-refractivity contribution in [2.45, 2.75) is 19.9 Å². The van der Waals surface area contributed by atoms with Gasteiger partial charge in [-0.05, 0) is 41.9 Å². The number of carbonyl (C=O) groups is 1. The van der Waals surface area contributed by atoms with Crippen LogP contribution in [0, 0.1) is 11.6 Å². The third-order valence-corrected chi connectivity index (χ3v) is 3.16. The SMILES string of the molecule is CC(C)n1ncc(Br)c1C(=O)c1cc(F)cc(F)c1. The number of carbonyl (C=O) groups excluding carboxylic acids is 1. The van der Waals surface area contributed by atoms with E-state index in [1.807, 2.05) is 13.8 Å². The molecule has 0 atom stereocenters. The van der Waals surface area contributed by atoms with Crippen LogP contribution in [-0.4, -0.2) is 15.6 Å². The Morgan fingerprint density at radius 2 is 1.84 bits per heavy atom. The van der Waals surface area contributed by atoms with Gasteiger partial charge in [-0.3, -0.25) is 9.48 Å². The van der Waals surface area contributed by atoms with Crippen molar-refractivity contribution in [2.75, 3.05) is 0 Å². The van der Waals surface area contributed by atoms with Crippen LogP contribution in [0.5, 0.6) is 0 Å². The summed E-state index contributed by atoms with van der Waals surface area (Å²) in [4.78, 5) is 12.3. The van der Waals surface area contributed by atoms with Gasteiger partial charge in [0.15, 0.2) is 0 Å². The average molecular weight is 329 g/mol. The summed E-state index contributed by atoms with van der Waals surface area (Å²) in [5.41, 5.74) is 0.237. The molecule has 1 aromatic heterocycles. The Labute approximate surface area is 117 Å². The number of ketones is 1. The molecule has 1 aromatic carbocycles. The van der Waals surface area contributed by atoms with Gasteiger partial charge in [-0.2, -0.15) is 5.10 Å². The first-order chi connectivity index (χ1) is 8.90. The van der Waals surface area contributed by atoms with Crippen molar-refractivity contribution in [3.8, 4) is 0 Å². The highest BCUT2D eigenvalue weighted by Crippen LogP contribution is 2.23. The summed E-state index contributed by atoms with van der Waals surface area (Å²) in [6.07, 6.45) is 1.49. The minimum Gasteiger partial charge on any atom is -0.287 e. The molecule has 0 unspecified atom stereocenters. The van der Waals surface area contributed by atoms with Crippen molar-refractivity contribution in [1.29, 1.82) is 0 Å². The quantitative estimate of drug-likeness (QED) is 0.804. The lowest BCUT2D eigenvalue weighted by molar-refractivity contribution is 0.102. The van der Waals surface area contributed by atoms with E-state index in [1.165, 1.54) is 10.9 Å². The zero-order chi connectivity index (χ0) is 14.2. The molecule has 0 spiro atoms. The maximum Gasteiger partial charge on any atom is 0.212 e. The fraction of sp³-hybridized carbons (Fsp3) is 0.231. The Hall–Kier alpha value is -1.56. The van der Waals surface area contributed by atoms with Gasteiger partial charge < -0.3 is 0 Å². The third-order valence-electron chi connectivity index (χ3n) is 2.58. The van der Waals surface area contributed by atoms with Crippen LogP contribution >= 0.6 is 15.9 Å². The first kappa shape index (κ1) is 13.9. The normalized spacial score (nSPS) is 11.1. The highest BCUT2D eigenvalue weighted by molar-refractivity contribution is 9.10. The van der Waals surface area contributed by atoms with Gasteiger partial charge >= 0.3 is 0 Å². The van der Waals surface area contributed by atoms with Gasteiger partial charge in [0.2, 0.25) is 5.78 Å².